The van der Waals surface area contributed by atoms with Crippen LogP contribution in [0.1, 0.15) is 36.1 Å². The van der Waals surface area contributed by atoms with E-state index in [4.69, 9.17) is 0 Å². The molecule has 0 radical (unpaired) electrons. The second-order valence-corrected chi connectivity index (χ2v) is 4.57. The van der Waals surface area contributed by atoms with Gasteiger partial charge in [-0.1, -0.05) is 18.2 Å². The molecule has 0 fully saturated rings. The van der Waals surface area contributed by atoms with Crippen LogP contribution in [0.15, 0.2) is 18.2 Å². The zero-order chi connectivity index (χ0) is 14.4. The summed E-state index contributed by atoms with van der Waals surface area (Å²) in [4.78, 5) is 10.7. The maximum Gasteiger partial charge on any atom is 0.216 e. The van der Waals surface area contributed by atoms with Gasteiger partial charge in [0.15, 0.2) is 0 Å². The van der Waals surface area contributed by atoms with Crippen LogP contribution in [0.3, 0.4) is 0 Å². The van der Waals surface area contributed by atoms with Crippen molar-refractivity contribution in [3.8, 4) is 0 Å². The zero-order valence-corrected chi connectivity index (χ0v) is 11.3. The minimum absolute atomic E-state index is 0.103. The largest absolute Gasteiger partial charge is 0.392 e. The third-order valence-electron chi connectivity index (χ3n) is 3.16. The minimum atomic E-state index is -1.03. The number of carbonyl (C=O) groups excluding carboxylic acids is 1. The van der Waals surface area contributed by atoms with Gasteiger partial charge < -0.3 is 20.6 Å². The number of hydrogen-bond acceptors (Lipinski definition) is 4. The quantitative estimate of drug-likeness (QED) is 0.601. The van der Waals surface area contributed by atoms with E-state index < -0.39 is 12.2 Å². The molecule has 0 aliphatic rings. The fourth-order valence-electron chi connectivity index (χ4n) is 1.96. The molecule has 0 heterocycles. The summed E-state index contributed by atoms with van der Waals surface area (Å²) in [6.07, 6.45) is -1.72. The summed E-state index contributed by atoms with van der Waals surface area (Å²) in [6, 6.07) is 5.23. The number of rotatable bonds is 6. The van der Waals surface area contributed by atoms with Gasteiger partial charge in [0.25, 0.3) is 0 Å². The van der Waals surface area contributed by atoms with E-state index in [1.807, 2.05) is 0 Å². The van der Waals surface area contributed by atoms with Crippen LogP contribution in [-0.4, -0.2) is 33.9 Å². The van der Waals surface area contributed by atoms with E-state index in [-0.39, 0.29) is 18.9 Å². The van der Waals surface area contributed by atoms with Gasteiger partial charge in [-0.2, -0.15) is 0 Å². The van der Waals surface area contributed by atoms with Crippen LogP contribution >= 0.6 is 0 Å². The maximum absolute atomic E-state index is 10.7. The van der Waals surface area contributed by atoms with Gasteiger partial charge in [0.1, 0.15) is 6.10 Å². The summed E-state index contributed by atoms with van der Waals surface area (Å²) in [5.74, 6) is -0.167. The van der Waals surface area contributed by atoms with Crippen molar-refractivity contribution in [3.63, 3.8) is 0 Å². The molecule has 106 valence electrons. The van der Waals surface area contributed by atoms with E-state index in [1.54, 1.807) is 25.1 Å². The van der Waals surface area contributed by atoms with E-state index in [9.17, 15) is 20.1 Å². The van der Waals surface area contributed by atoms with Gasteiger partial charge in [0.2, 0.25) is 5.91 Å². The van der Waals surface area contributed by atoms with Crippen molar-refractivity contribution in [1.82, 2.24) is 5.32 Å². The summed E-state index contributed by atoms with van der Waals surface area (Å²) in [7, 11) is 0. The average molecular weight is 267 g/mol. The highest BCUT2D eigenvalue weighted by Gasteiger charge is 2.20. The van der Waals surface area contributed by atoms with Gasteiger partial charge in [-0.3, -0.25) is 4.79 Å². The van der Waals surface area contributed by atoms with Crippen LogP contribution in [0.5, 0.6) is 0 Å². The van der Waals surface area contributed by atoms with Gasteiger partial charge in [0.05, 0.1) is 12.7 Å². The van der Waals surface area contributed by atoms with Crippen LogP contribution in [0.4, 0.5) is 0 Å². The average Bonchev–Trinajstić information content (AvgIpc) is 2.37. The molecule has 0 saturated carbocycles. The van der Waals surface area contributed by atoms with E-state index >= 15 is 0 Å². The lowest BCUT2D eigenvalue weighted by molar-refractivity contribution is -0.119. The van der Waals surface area contributed by atoms with Crippen molar-refractivity contribution >= 4 is 5.91 Å². The summed E-state index contributed by atoms with van der Waals surface area (Å²) in [6.45, 7) is 3.41. The van der Waals surface area contributed by atoms with Crippen molar-refractivity contribution in [2.24, 2.45) is 0 Å². The molecular formula is C14H21NO4. The molecule has 1 aromatic carbocycles. The highest BCUT2D eigenvalue weighted by Crippen LogP contribution is 2.24. The number of aliphatic hydroxyl groups excluding tert-OH is 3. The Bertz CT molecular complexity index is 433. The van der Waals surface area contributed by atoms with Crippen LogP contribution in [-0.2, 0) is 11.4 Å². The Morgan fingerprint density at radius 2 is 2.05 bits per heavy atom. The van der Waals surface area contributed by atoms with Crippen molar-refractivity contribution in [2.45, 2.75) is 39.1 Å². The Labute approximate surface area is 112 Å². The number of aliphatic hydroxyl groups is 3. The normalized spacial score (nSPS) is 13.9. The zero-order valence-electron chi connectivity index (χ0n) is 11.3. The molecular weight excluding hydrogens is 246 g/mol. The molecule has 19 heavy (non-hydrogen) atoms. The standard InChI is InChI=1S/C14H21NO4/c1-9-11(8-16)4-3-5-12(9)14(19)13(18)6-7-15-10(2)17/h3-5,13-14,16,18-19H,6-8H2,1-2H3,(H,15,17). The molecule has 2 atom stereocenters. The topological polar surface area (TPSA) is 89.8 Å². The minimum Gasteiger partial charge on any atom is -0.392 e. The summed E-state index contributed by atoms with van der Waals surface area (Å²) < 4.78 is 0. The van der Waals surface area contributed by atoms with E-state index in [2.05, 4.69) is 5.32 Å². The number of benzene rings is 1. The predicted molar refractivity (Wildman–Crippen MR) is 71.4 cm³/mol. The first-order valence-corrected chi connectivity index (χ1v) is 6.27. The number of hydrogen-bond donors (Lipinski definition) is 4. The van der Waals surface area contributed by atoms with Crippen LogP contribution in [0, 0.1) is 6.92 Å². The molecule has 0 aromatic heterocycles. The molecule has 0 aliphatic heterocycles. The fraction of sp³-hybridized carbons (Fsp3) is 0.500. The van der Waals surface area contributed by atoms with Crippen molar-refractivity contribution < 1.29 is 20.1 Å². The van der Waals surface area contributed by atoms with Gasteiger partial charge in [-0.05, 0) is 30.0 Å². The third-order valence-corrected chi connectivity index (χ3v) is 3.16. The maximum atomic E-state index is 10.7. The number of nitrogens with one attached hydrogen (secondary N) is 1. The lowest BCUT2D eigenvalue weighted by Crippen LogP contribution is -2.28. The smallest absolute Gasteiger partial charge is 0.216 e. The second kappa shape index (κ2) is 7.23. The van der Waals surface area contributed by atoms with Gasteiger partial charge in [-0.25, -0.2) is 0 Å². The highest BCUT2D eigenvalue weighted by molar-refractivity contribution is 5.72. The molecule has 4 N–H and O–H groups in total. The molecule has 2 unspecified atom stereocenters. The molecule has 0 aliphatic carbocycles. The van der Waals surface area contributed by atoms with E-state index in [0.29, 0.717) is 12.1 Å². The molecule has 0 spiro atoms. The Morgan fingerprint density at radius 1 is 1.37 bits per heavy atom. The Morgan fingerprint density at radius 3 is 2.63 bits per heavy atom. The van der Waals surface area contributed by atoms with E-state index in [0.717, 1.165) is 11.1 Å². The Kier molecular flexibility index (Phi) is 5.95. The predicted octanol–water partition coefficient (Wildman–Crippen LogP) is 0.408. The van der Waals surface area contributed by atoms with Crippen molar-refractivity contribution in [1.29, 1.82) is 0 Å². The van der Waals surface area contributed by atoms with Crippen LogP contribution < -0.4 is 5.32 Å². The van der Waals surface area contributed by atoms with E-state index in [1.165, 1.54) is 6.92 Å². The van der Waals surface area contributed by atoms with Crippen LogP contribution in [0.25, 0.3) is 0 Å². The Balaban J connectivity index is 2.71. The molecule has 1 rings (SSSR count). The lowest BCUT2D eigenvalue weighted by atomic mass is 9.94. The first-order chi connectivity index (χ1) is 8.97. The van der Waals surface area contributed by atoms with Gasteiger partial charge in [-0.15, -0.1) is 0 Å². The molecule has 1 aromatic rings. The van der Waals surface area contributed by atoms with Crippen molar-refractivity contribution in [2.75, 3.05) is 6.54 Å². The van der Waals surface area contributed by atoms with Gasteiger partial charge in [0, 0.05) is 13.5 Å². The second-order valence-electron chi connectivity index (χ2n) is 4.57. The van der Waals surface area contributed by atoms with Gasteiger partial charge >= 0.3 is 0 Å². The summed E-state index contributed by atoms with van der Waals surface area (Å²) >= 11 is 0. The highest BCUT2D eigenvalue weighted by atomic mass is 16.3. The van der Waals surface area contributed by atoms with Crippen molar-refractivity contribution in [3.05, 3.63) is 34.9 Å². The Hall–Kier alpha value is -1.43. The van der Waals surface area contributed by atoms with Crippen LogP contribution in [0.2, 0.25) is 0 Å². The molecule has 0 saturated heterocycles. The molecule has 0 bridgehead atoms. The number of carbonyl (C=O) groups is 1. The fourth-order valence-corrected chi connectivity index (χ4v) is 1.96. The first-order valence-electron chi connectivity index (χ1n) is 6.27. The SMILES string of the molecule is CC(=O)NCCC(O)C(O)c1cccc(CO)c1C. The molecule has 5 nitrogen and oxygen atoms in total. The molecule has 1 amide bonds. The number of amides is 1. The third kappa shape index (κ3) is 4.31. The monoisotopic (exact) mass is 267 g/mol. The molecule has 5 heteroatoms. The summed E-state index contributed by atoms with van der Waals surface area (Å²) in [5, 5.41) is 31.8. The first kappa shape index (κ1) is 15.6. The lowest BCUT2D eigenvalue weighted by Gasteiger charge is -2.21. The summed E-state index contributed by atoms with van der Waals surface area (Å²) in [5.41, 5.74) is 2.10.